The smallest absolute Gasteiger partial charge is 0.374 e. The van der Waals surface area contributed by atoms with Crippen LogP contribution in [-0.2, 0) is 25.4 Å². The Morgan fingerprint density at radius 2 is 1.67 bits per heavy atom. The fraction of sp³-hybridized carbons (Fsp3) is 0.595. The van der Waals surface area contributed by atoms with Crippen molar-refractivity contribution < 1.29 is 32.3 Å². The molecular weight excluding hydrogens is 770 g/mol. The third kappa shape index (κ3) is 9.81. The molecule has 3 heterocycles. The van der Waals surface area contributed by atoms with Gasteiger partial charge in [0.25, 0.3) is 0 Å². The molecule has 1 saturated carbocycles. The molecule has 2 unspecified atom stereocenters. The Morgan fingerprint density at radius 3 is 2.33 bits per heavy atom. The average Bonchev–Trinajstić information content (AvgIpc) is 3.34. The zero-order chi connectivity index (χ0) is 41.9. The molecule has 0 spiro atoms. The Morgan fingerprint density at radius 1 is 0.983 bits per heavy atom. The van der Waals surface area contributed by atoms with Crippen LogP contribution in [0.3, 0.4) is 0 Å². The van der Waals surface area contributed by atoms with E-state index in [0.717, 1.165) is 76.7 Å². The standard InChI is InChI=1S/C42H55F3N8O4S/c1-26-23-50(24-27(2)51(26)25-37(55)48-31-10-7-9-30(20-31)47-35-17-18-36(54)49-38(35)56)19-6-5-8-28-11-14-32(15-12-28)53-40(58)52(39(57)41(53,3)4)33-16-13-29(22-46)34(21-33)42(43,44)45/h7,9-10,13,16,20-21,26-28,32,35,40,47,58H,5-6,8,11-12,14-15,17-19,23-25H2,1-4H3,(H,48,55)(H,49,54,56)/t26-,27+,28?,32?,35?,40?. The van der Waals surface area contributed by atoms with Crippen LogP contribution in [0.15, 0.2) is 42.5 Å². The summed E-state index contributed by atoms with van der Waals surface area (Å²) < 4.78 is 41.3. The zero-order valence-corrected chi connectivity index (χ0v) is 34.5. The first-order valence-electron chi connectivity index (χ1n) is 20.4. The Hall–Kier alpha value is -4.17. The quantitative estimate of drug-likeness (QED) is 0.112. The second-order valence-corrected chi connectivity index (χ2v) is 17.4. The molecule has 1 aliphatic carbocycles. The van der Waals surface area contributed by atoms with E-state index >= 15 is 0 Å². The second-order valence-electron chi connectivity index (χ2n) is 16.9. The Bertz CT molecular complexity index is 1890. The predicted octanol–water partition coefficient (Wildman–Crippen LogP) is 6.20. The lowest BCUT2D eigenvalue weighted by Crippen LogP contribution is -2.58. The second kappa shape index (κ2) is 18.0. The van der Waals surface area contributed by atoms with Crippen LogP contribution in [0, 0.1) is 17.2 Å². The maximum Gasteiger partial charge on any atom is 0.417 e. The molecule has 6 rings (SSSR count). The highest BCUT2D eigenvalue weighted by atomic mass is 32.1. The van der Waals surface area contributed by atoms with E-state index in [0.29, 0.717) is 23.7 Å². The molecule has 3 saturated heterocycles. The van der Waals surface area contributed by atoms with Crippen LogP contribution < -0.4 is 20.9 Å². The lowest BCUT2D eigenvalue weighted by molar-refractivity contribution is -0.138. The molecule has 58 heavy (non-hydrogen) atoms. The number of benzene rings is 2. The molecule has 0 aromatic heterocycles. The van der Waals surface area contributed by atoms with Crippen molar-refractivity contribution in [2.24, 2.45) is 5.92 Å². The van der Waals surface area contributed by atoms with Crippen LogP contribution in [0.4, 0.5) is 30.2 Å². The molecule has 3 aliphatic heterocycles. The summed E-state index contributed by atoms with van der Waals surface area (Å²) >= 11 is 4.79. The van der Waals surface area contributed by atoms with Gasteiger partial charge in [-0.25, -0.2) is 0 Å². The van der Waals surface area contributed by atoms with Crippen LogP contribution in [0.25, 0.3) is 0 Å². The normalized spacial score (nSPS) is 27.3. The fourth-order valence-corrected chi connectivity index (χ4v) is 10.1. The molecule has 2 aromatic carbocycles. The number of hydrogen-bond donors (Lipinski definition) is 4. The Balaban J connectivity index is 0.918. The molecule has 0 radical (unpaired) electrons. The minimum atomic E-state index is -4.73. The number of amides is 4. The van der Waals surface area contributed by atoms with Crippen molar-refractivity contribution in [1.82, 2.24) is 20.0 Å². The third-order valence-corrected chi connectivity index (χ3v) is 12.8. The van der Waals surface area contributed by atoms with Gasteiger partial charge in [0.1, 0.15) is 11.5 Å². The first-order valence-corrected chi connectivity index (χ1v) is 20.9. The number of thiol groups is 1. The number of halogens is 3. The van der Waals surface area contributed by atoms with Crippen LogP contribution in [0.5, 0.6) is 0 Å². The topological polar surface area (TPSA) is 141 Å². The van der Waals surface area contributed by atoms with Gasteiger partial charge in [-0.3, -0.25) is 39.2 Å². The number of rotatable bonds is 12. The van der Waals surface area contributed by atoms with Gasteiger partial charge in [0.15, 0.2) is 0 Å². The molecule has 4 amide bonds. The highest BCUT2D eigenvalue weighted by Gasteiger charge is 2.54. The van der Waals surface area contributed by atoms with Gasteiger partial charge in [-0.05, 0) is 115 Å². The summed E-state index contributed by atoms with van der Waals surface area (Å²) in [5.41, 5.74) is -1.83. The molecule has 2 aromatic rings. The molecule has 16 heteroatoms. The minimum Gasteiger partial charge on any atom is -0.374 e. The van der Waals surface area contributed by atoms with Crippen molar-refractivity contribution in [1.29, 1.82) is 5.26 Å². The van der Waals surface area contributed by atoms with E-state index in [4.69, 9.17) is 12.6 Å². The van der Waals surface area contributed by atoms with Crippen molar-refractivity contribution in [2.45, 2.75) is 127 Å². The van der Waals surface area contributed by atoms with Crippen LogP contribution in [-0.4, -0.2) is 99.7 Å². The predicted molar refractivity (Wildman–Crippen MR) is 219 cm³/mol. The zero-order valence-electron chi connectivity index (χ0n) is 33.6. The number of piperazine rings is 1. The van der Waals surface area contributed by atoms with Gasteiger partial charge in [0.05, 0.1) is 29.3 Å². The Kier molecular flexibility index (Phi) is 13.5. The Labute approximate surface area is 344 Å². The molecule has 0 bridgehead atoms. The van der Waals surface area contributed by atoms with Gasteiger partial charge in [-0.1, -0.05) is 18.9 Å². The molecule has 4 fully saturated rings. The van der Waals surface area contributed by atoms with Gasteiger partial charge < -0.3 is 15.5 Å². The van der Waals surface area contributed by atoms with Crippen molar-refractivity contribution in [3.05, 3.63) is 53.6 Å². The highest BCUT2D eigenvalue weighted by molar-refractivity contribution is 7.81. The summed E-state index contributed by atoms with van der Waals surface area (Å²) in [7, 11) is 0. The minimum absolute atomic E-state index is 0.0664. The number of unbranched alkanes of at least 4 members (excludes halogenated alkanes) is 1. The number of hydrogen-bond acceptors (Lipinski definition) is 10. The number of nitrogens with zero attached hydrogens (tertiary/aromatic N) is 5. The molecule has 4 aliphatic rings. The van der Waals surface area contributed by atoms with Gasteiger partial charge in [-0.15, -0.1) is 12.6 Å². The number of nitrogens with one attached hydrogen (secondary N) is 3. The number of anilines is 3. The average molecular weight is 825 g/mol. The van der Waals surface area contributed by atoms with E-state index in [-0.39, 0.29) is 60.4 Å². The first kappa shape index (κ1) is 43.4. The monoisotopic (exact) mass is 824 g/mol. The summed E-state index contributed by atoms with van der Waals surface area (Å²) in [6.07, 6.45) is 3.05. The maximum absolute atomic E-state index is 13.8. The first-order chi connectivity index (χ1) is 27.5. The number of carbonyl (C=O) groups excluding carboxylic acids is 4. The summed E-state index contributed by atoms with van der Waals surface area (Å²) in [6, 6.07) is 12.2. The number of nitriles is 1. The van der Waals surface area contributed by atoms with Crippen LogP contribution >= 0.6 is 12.6 Å². The van der Waals surface area contributed by atoms with E-state index in [1.54, 1.807) is 12.1 Å². The van der Waals surface area contributed by atoms with E-state index in [1.165, 1.54) is 11.0 Å². The van der Waals surface area contributed by atoms with Gasteiger partial charge in [-0.2, -0.15) is 18.4 Å². The van der Waals surface area contributed by atoms with Crippen molar-refractivity contribution >= 4 is 53.3 Å². The summed E-state index contributed by atoms with van der Waals surface area (Å²) in [4.78, 5) is 58.6. The van der Waals surface area contributed by atoms with Gasteiger partial charge in [0, 0.05) is 54.7 Å². The maximum atomic E-state index is 13.8. The van der Waals surface area contributed by atoms with Gasteiger partial charge in [0.2, 0.25) is 23.6 Å². The van der Waals surface area contributed by atoms with E-state index in [1.807, 2.05) is 36.9 Å². The van der Waals surface area contributed by atoms with Gasteiger partial charge >= 0.3 is 6.18 Å². The fourth-order valence-electron chi connectivity index (χ4n) is 9.36. The summed E-state index contributed by atoms with van der Waals surface area (Å²) in [5, 5.41) is 17.7. The largest absolute Gasteiger partial charge is 0.417 e. The lowest BCUT2D eigenvalue weighted by atomic mass is 9.81. The van der Waals surface area contributed by atoms with Crippen molar-refractivity contribution in [3.63, 3.8) is 0 Å². The van der Waals surface area contributed by atoms with Crippen molar-refractivity contribution in [3.8, 4) is 6.07 Å². The van der Waals surface area contributed by atoms with E-state index in [9.17, 15) is 37.6 Å². The van der Waals surface area contributed by atoms with Crippen LogP contribution in [0.2, 0.25) is 0 Å². The molecule has 314 valence electrons. The summed E-state index contributed by atoms with van der Waals surface area (Å²) in [6.45, 7) is 10.9. The molecule has 12 nitrogen and oxygen atoms in total. The van der Waals surface area contributed by atoms with Crippen LogP contribution in [0.1, 0.15) is 96.6 Å². The molecule has 3 N–H and O–H groups in total. The number of imide groups is 1. The third-order valence-electron chi connectivity index (χ3n) is 12.4. The van der Waals surface area contributed by atoms with E-state index in [2.05, 4.69) is 39.6 Å². The SMILES string of the molecule is C[C@@H]1CN(CCCCC2CCC(N3C(S)N(c4ccc(C#N)c(C(F)(F)F)c4)C(=O)C3(C)C)CC2)C[C@H](C)N1CC(=O)Nc1cccc(NC2CCC(=O)NC2=O)c1. The lowest BCUT2D eigenvalue weighted by Gasteiger charge is -2.44. The number of piperidine rings is 1. The number of alkyl halides is 3. The highest BCUT2D eigenvalue weighted by Crippen LogP contribution is 2.44. The molecule has 4 atom stereocenters. The van der Waals surface area contributed by atoms with E-state index < -0.39 is 34.4 Å². The van der Waals surface area contributed by atoms with Crippen molar-refractivity contribution in [2.75, 3.05) is 41.7 Å². The number of carbonyl (C=O) groups is 4. The molecular formula is C42H55F3N8O4S. The summed E-state index contributed by atoms with van der Waals surface area (Å²) in [5.74, 6) is -0.467.